The number of ether oxygens (including phenoxy) is 1. The number of aromatic hydroxyl groups is 1. The van der Waals surface area contributed by atoms with Crippen molar-refractivity contribution in [3.63, 3.8) is 0 Å². The van der Waals surface area contributed by atoms with Gasteiger partial charge in [-0.1, -0.05) is 12.1 Å². The third kappa shape index (κ3) is 2.60. The minimum absolute atomic E-state index is 0.0155. The van der Waals surface area contributed by atoms with Crippen LogP contribution in [-0.4, -0.2) is 17.1 Å². The Morgan fingerprint density at radius 3 is 2.79 bits per heavy atom. The molecule has 0 atom stereocenters. The number of rotatable bonds is 4. The van der Waals surface area contributed by atoms with Crippen molar-refractivity contribution < 1.29 is 19.2 Å². The fourth-order valence-electron chi connectivity index (χ4n) is 2.58. The van der Waals surface area contributed by atoms with Crippen LogP contribution in [0.3, 0.4) is 0 Å². The molecular formula is C17H16N2O5. The number of aryl methyl sites for hydroxylation is 1. The first-order valence-corrected chi connectivity index (χ1v) is 7.31. The molecule has 24 heavy (non-hydrogen) atoms. The lowest BCUT2D eigenvalue weighted by molar-refractivity contribution is -0.384. The molecule has 7 heteroatoms. The van der Waals surface area contributed by atoms with Crippen LogP contribution in [0.1, 0.15) is 17.7 Å². The molecule has 0 saturated heterocycles. The molecule has 1 aromatic heterocycles. The molecule has 3 rings (SSSR count). The Bertz CT molecular complexity index is 851. The van der Waals surface area contributed by atoms with Crippen LogP contribution < -0.4 is 4.90 Å². The maximum atomic E-state index is 11.4. The summed E-state index contributed by atoms with van der Waals surface area (Å²) in [6.07, 6.45) is 7.14. The van der Waals surface area contributed by atoms with Crippen LogP contribution in [0.2, 0.25) is 0 Å². The lowest BCUT2D eigenvalue weighted by atomic mass is 10.1. The zero-order valence-corrected chi connectivity index (χ0v) is 13.2. The van der Waals surface area contributed by atoms with Crippen molar-refractivity contribution in [3.05, 3.63) is 64.3 Å². The Morgan fingerprint density at radius 2 is 2.12 bits per heavy atom. The Kier molecular flexibility index (Phi) is 3.99. The van der Waals surface area contributed by atoms with Gasteiger partial charge < -0.3 is 19.2 Å². The summed E-state index contributed by atoms with van der Waals surface area (Å²) in [5.74, 6) is 0.472. The van der Waals surface area contributed by atoms with Gasteiger partial charge in [-0.15, -0.1) is 0 Å². The summed E-state index contributed by atoms with van der Waals surface area (Å²) in [4.78, 5) is 12.5. The van der Waals surface area contributed by atoms with Crippen molar-refractivity contribution >= 4 is 22.8 Å². The van der Waals surface area contributed by atoms with Crippen LogP contribution in [0.5, 0.6) is 5.75 Å². The van der Waals surface area contributed by atoms with Crippen molar-refractivity contribution in [3.8, 4) is 5.75 Å². The second-order valence-electron chi connectivity index (χ2n) is 5.35. The van der Waals surface area contributed by atoms with E-state index >= 15 is 0 Å². The van der Waals surface area contributed by atoms with E-state index in [2.05, 4.69) is 0 Å². The summed E-state index contributed by atoms with van der Waals surface area (Å²) in [5.41, 5.74) is 1.20. The molecule has 0 aliphatic carbocycles. The number of hydrogen-bond donors (Lipinski definition) is 1. The third-order valence-electron chi connectivity index (χ3n) is 3.82. The maximum Gasteiger partial charge on any atom is 0.295 e. The van der Waals surface area contributed by atoms with Crippen LogP contribution in [0, 0.1) is 17.0 Å². The van der Waals surface area contributed by atoms with Gasteiger partial charge in [0.05, 0.1) is 11.2 Å². The van der Waals surface area contributed by atoms with E-state index in [9.17, 15) is 15.2 Å². The van der Waals surface area contributed by atoms with Crippen molar-refractivity contribution in [2.24, 2.45) is 0 Å². The van der Waals surface area contributed by atoms with E-state index in [1.54, 1.807) is 38.2 Å². The average Bonchev–Trinajstić information content (AvgIpc) is 2.96. The number of nitro benzene ring substituents is 1. The zero-order chi connectivity index (χ0) is 17.3. The molecule has 0 radical (unpaired) electrons. The van der Waals surface area contributed by atoms with Crippen LogP contribution in [0.25, 0.3) is 5.76 Å². The number of nitro groups is 1. The lowest BCUT2D eigenvalue weighted by Crippen LogP contribution is -2.11. The van der Waals surface area contributed by atoms with E-state index in [0.29, 0.717) is 29.1 Å². The van der Waals surface area contributed by atoms with Crippen molar-refractivity contribution in [2.75, 3.05) is 11.9 Å². The van der Waals surface area contributed by atoms with Gasteiger partial charge in [0.15, 0.2) is 11.5 Å². The highest BCUT2D eigenvalue weighted by atomic mass is 16.6. The van der Waals surface area contributed by atoms with Crippen LogP contribution in [0.15, 0.2) is 47.3 Å². The van der Waals surface area contributed by atoms with Crippen LogP contribution in [0.4, 0.5) is 17.1 Å². The van der Waals surface area contributed by atoms with E-state index in [1.807, 2.05) is 6.08 Å². The first-order chi connectivity index (χ1) is 11.5. The van der Waals surface area contributed by atoms with E-state index in [4.69, 9.17) is 9.15 Å². The largest absolute Gasteiger partial charge is 0.503 e. The molecule has 7 nitrogen and oxygen atoms in total. The number of benzene rings is 1. The van der Waals surface area contributed by atoms with E-state index in [-0.39, 0.29) is 17.2 Å². The summed E-state index contributed by atoms with van der Waals surface area (Å²) >= 11 is 0. The molecule has 0 amide bonds. The van der Waals surface area contributed by atoms with Crippen LogP contribution >= 0.6 is 0 Å². The summed E-state index contributed by atoms with van der Waals surface area (Å²) in [6.45, 7) is 1.67. The molecule has 1 aromatic carbocycles. The second-order valence-corrected chi connectivity index (χ2v) is 5.35. The predicted molar refractivity (Wildman–Crippen MR) is 89.1 cm³/mol. The summed E-state index contributed by atoms with van der Waals surface area (Å²) < 4.78 is 10.7. The highest BCUT2D eigenvalue weighted by Gasteiger charge is 2.26. The third-order valence-corrected chi connectivity index (χ3v) is 3.82. The Labute approximate surface area is 138 Å². The topological polar surface area (TPSA) is 89.0 Å². The number of nitrogens with zero attached hydrogens (tertiary/aromatic N) is 2. The minimum Gasteiger partial charge on any atom is -0.503 e. The van der Waals surface area contributed by atoms with Gasteiger partial charge in [0.2, 0.25) is 5.76 Å². The molecule has 0 spiro atoms. The van der Waals surface area contributed by atoms with E-state index in [0.717, 1.165) is 0 Å². The van der Waals surface area contributed by atoms with Gasteiger partial charge in [-0.25, -0.2) is 0 Å². The molecule has 0 saturated carbocycles. The molecule has 2 heterocycles. The molecule has 1 N–H and O–H groups in total. The monoisotopic (exact) mass is 328 g/mol. The molecule has 1 aliphatic rings. The number of para-hydroxylation sites is 1. The minimum atomic E-state index is -0.434. The van der Waals surface area contributed by atoms with E-state index in [1.165, 1.54) is 17.4 Å². The van der Waals surface area contributed by atoms with Gasteiger partial charge in [0.1, 0.15) is 17.6 Å². The first-order valence-electron chi connectivity index (χ1n) is 7.31. The number of allylic oxidation sites excluding steroid dienone is 2. The standard InChI is InChI=1S/C17H16N2O5/c1-11-6-5-7-12(15(11)19(21)22)18(2)13-10-24-17(16(13)20)14-8-3-4-9-23-14/h4-10,20H,3H2,1-2H3. The van der Waals surface area contributed by atoms with Gasteiger partial charge in [-0.3, -0.25) is 10.1 Å². The first kappa shape index (κ1) is 15.7. The van der Waals surface area contributed by atoms with Gasteiger partial charge >= 0.3 is 0 Å². The summed E-state index contributed by atoms with van der Waals surface area (Å²) in [6, 6.07) is 5.02. The Hall–Kier alpha value is -3.22. The van der Waals surface area contributed by atoms with Gasteiger partial charge in [0, 0.05) is 12.6 Å². The average molecular weight is 328 g/mol. The molecule has 124 valence electrons. The maximum absolute atomic E-state index is 11.4. The normalized spacial score (nSPS) is 13.3. The Balaban J connectivity index is 2.02. The van der Waals surface area contributed by atoms with Crippen molar-refractivity contribution in [1.82, 2.24) is 0 Å². The second kappa shape index (κ2) is 6.11. The lowest BCUT2D eigenvalue weighted by Gasteiger charge is -2.18. The summed E-state index contributed by atoms with van der Waals surface area (Å²) in [5, 5.41) is 21.8. The Morgan fingerprint density at radius 1 is 1.33 bits per heavy atom. The summed E-state index contributed by atoms with van der Waals surface area (Å²) in [7, 11) is 1.63. The van der Waals surface area contributed by atoms with Gasteiger partial charge in [0.25, 0.3) is 5.69 Å². The predicted octanol–water partition coefficient (Wildman–Crippen LogP) is 4.24. The van der Waals surface area contributed by atoms with Crippen LogP contribution in [-0.2, 0) is 4.74 Å². The molecule has 0 bridgehead atoms. The highest BCUT2D eigenvalue weighted by Crippen LogP contribution is 2.43. The SMILES string of the molecule is Cc1cccc(N(C)c2coc(C3=CCC=CO3)c2O)c1[N+](=O)[O-]. The fraction of sp³-hybridized carbons (Fsp3) is 0.176. The van der Waals surface area contributed by atoms with Gasteiger partial charge in [-0.05, 0) is 31.6 Å². The smallest absolute Gasteiger partial charge is 0.295 e. The fourth-order valence-corrected chi connectivity index (χ4v) is 2.58. The molecule has 0 unspecified atom stereocenters. The number of anilines is 2. The quantitative estimate of drug-likeness (QED) is 0.667. The van der Waals surface area contributed by atoms with Crippen molar-refractivity contribution in [1.29, 1.82) is 0 Å². The van der Waals surface area contributed by atoms with E-state index < -0.39 is 4.92 Å². The highest BCUT2D eigenvalue weighted by molar-refractivity contribution is 5.79. The molecule has 0 fully saturated rings. The zero-order valence-electron chi connectivity index (χ0n) is 13.2. The van der Waals surface area contributed by atoms with Crippen molar-refractivity contribution in [2.45, 2.75) is 13.3 Å². The number of furan rings is 1. The number of hydrogen-bond acceptors (Lipinski definition) is 6. The molecular weight excluding hydrogens is 312 g/mol. The molecule has 2 aromatic rings. The van der Waals surface area contributed by atoms with Gasteiger partial charge in [-0.2, -0.15) is 0 Å². The molecule has 1 aliphatic heterocycles.